The number of hydrogen-bond donors (Lipinski definition) is 2. The summed E-state index contributed by atoms with van der Waals surface area (Å²) in [6.45, 7) is -0.387. The topological polar surface area (TPSA) is 190 Å². The van der Waals surface area contributed by atoms with Crippen molar-refractivity contribution < 1.29 is 62.3 Å². The maximum Gasteiger partial charge on any atom is 0.349 e. The zero-order valence-corrected chi connectivity index (χ0v) is 28.1. The summed E-state index contributed by atoms with van der Waals surface area (Å²) in [5.41, 5.74) is 1.01. The molecule has 0 aliphatic heterocycles. The zero-order valence-electron chi connectivity index (χ0n) is 28.1. The van der Waals surface area contributed by atoms with E-state index in [1.165, 1.54) is 62.8 Å². The van der Waals surface area contributed by atoms with Crippen molar-refractivity contribution in [1.29, 1.82) is 0 Å². The normalized spacial score (nSPS) is 12.2. The molecule has 0 bridgehead atoms. The van der Waals surface area contributed by atoms with Crippen LogP contribution in [0.1, 0.15) is 38.3 Å². The first kappa shape index (κ1) is 38.1. The summed E-state index contributed by atoms with van der Waals surface area (Å²) >= 11 is 0. The number of ether oxygens (including phenoxy) is 6. The van der Waals surface area contributed by atoms with Crippen LogP contribution < -0.4 is 14.8 Å². The van der Waals surface area contributed by atoms with E-state index in [1.807, 2.05) is 0 Å². The van der Waals surface area contributed by atoms with E-state index in [0.717, 1.165) is 0 Å². The SMILES string of the molecule is COc1ccc(C(=O)O[C@H](C(=O)O)[C@H](OC(=O)c2ccc(OC)cc2)C(=O)N[C@H](CC(=O)OCc2ccccc2)C(=O)OCc2ccccc2)cc1. The molecule has 3 atom stereocenters. The summed E-state index contributed by atoms with van der Waals surface area (Å²) in [6.07, 6.45) is -5.56. The molecule has 0 saturated carbocycles. The van der Waals surface area contributed by atoms with Gasteiger partial charge in [-0.2, -0.15) is 0 Å². The predicted molar refractivity (Wildman–Crippen MR) is 181 cm³/mol. The number of rotatable bonds is 17. The van der Waals surface area contributed by atoms with Gasteiger partial charge in [0.05, 0.1) is 31.8 Å². The van der Waals surface area contributed by atoms with Gasteiger partial charge in [-0.05, 0) is 59.7 Å². The molecule has 0 spiro atoms. The van der Waals surface area contributed by atoms with Crippen LogP contribution in [0, 0.1) is 0 Å². The third kappa shape index (κ3) is 11.2. The fourth-order valence-corrected chi connectivity index (χ4v) is 4.56. The van der Waals surface area contributed by atoms with Crippen LogP contribution in [0.25, 0.3) is 0 Å². The average molecular weight is 714 g/mol. The van der Waals surface area contributed by atoms with E-state index in [1.54, 1.807) is 60.7 Å². The minimum atomic E-state index is -2.43. The first-order valence-corrected chi connectivity index (χ1v) is 15.7. The summed E-state index contributed by atoms with van der Waals surface area (Å²) in [5, 5.41) is 12.4. The highest BCUT2D eigenvalue weighted by molar-refractivity contribution is 5.98. The molecule has 4 aromatic rings. The van der Waals surface area contributed by atoms with Crippen molar-refractivity contribution in [2.75, 3.05) is 14.2 Å². The Labute approximate surface area is 298 Å². The number of carboxylic acids is 1. The molecule has 0 radical (unpaired) electrons. The van der Waals surface area contributed by atoms with Crippen molar-refractivity contribution in [1.82, 2.24) is 5.32 Å². The van der Waals surface area contributed by atoms with Crippen LogP contribution in [-0.4, -0.2) is 73.3 Å². The second-order valence-electron chi connectivity index (χ2n) is 11.0. The number of esters is 4. The van der Waals surface area contributed by atoms with E-state index in [2.05, 4.69) is 5.32 Å². The van der Waals surface area contributed by atoms with Gasteiger partial charge in [-0.1, -0.05) is 60.7 Å². The monoisotopic (exact) mass is 713 g/mol. The number of carbonyl (C=O) groups excluding carboxylic acids is 5. The summed E-state index contributed by atoms with van der Waals surface area (Å²) in [5.74, 6) is -6.85. The number of methoxy groups -OCH3 is 2. The summed E-state index contributed by atoms with van der Waals surface area (Å²) in [7, 11) is 2.81. The van der Waals surface area contributed by atoms with Gasteiger partial charge >= 0.3 is 29.8 Å². The molecule has 1 amide bonds. The van der Waals surface area contributed by atoms with Crippen molar-refractivity contribution in [3.8, 4) is 11.5 Å². The molecule has 0 aromatic heterocycles. The molecule has 0 saturated heterocycles. The summed E-state index contributed by atoms with van der Waals surface area (Å²) in [6, 6.07) is 26.3. The lowest BCUT2D eigenvalue weighted by atomic mass is 10.1. The smallest absolute Gasteiger partial charge is 0.349 e. The summed E-state index contributed by atoms with van der Waals surface area (Å²) < 4.78 is 31.4. The summed E-state index contributed by atoms with van der Waals surface area (Å²) in [4.78, 5) is 78.9. The molecule has 0 aliphatic rings. The Hall–Kier alpha value is -6.70. The van der Waals surface area contributed by atoms with E-state index in [4.69, 9.17) is 28.4 Å². The predicted octanol–water partition coefficient (Wildman–Crippen LogP) is 3.90. The van der Waals surface area contributed by atoms with Crippen LogP contribution in [0.5, 0.6) is 11.5 Å². The third-order valence-electron chi connectivity index (χ3n) is 7.33. The van der Waals surface area contributed by atoms with Crippen LogP contribution in [0.4, 0.5) is 0 Å². The number of carboxylic acid groups (broad SMARTS) is 1. The van der Waals surface area contributed by atoms with Crippen LogP contribution in [0.3, 0.4) is 0 Å². The van der Waals surface area contributed by atoms with Gasteiger partial charge < -0.3 is 38.8 Å². The van der Waals surface area contributed by atoms with E-state index < -0.39 is 60.4 Å². The standard InChI is InChI=1S/C38H35NO13/c1-47-28-17-13-26(14-18-28)36(44)51-32(33(35(42)43)52-37(45)27-15-19-29(48-2)20-16-27)34(41)39-30(38(46)50-23-25-11-7-4-8-12-25)21-31(40)49-22-24-9-5-3-6-10-24/h3-20,30,32-33H,21-23H2,1-2H3,(H,39,41)(H,42,43)/t30-,32+,33+/m1/s1. The molecule has 14 heteroatoms. The molecular weight excluding hydrogens is 678 g/mol. The minimum absolute atomic E-state index is 0.115. The molecule has 0 unspecified atom stereocenters. The molecule has 270 valence electrons. The minimum Gasteiger partial charge on any atom is -0.497 e. The molecular formula is C38H35NO13. The van der Waals surface area contributed by atoms with Crippen molar-refractivity contribution in [3.63, 3.8) is 0 Å². The zero-order chi connectivity index (χ0) is 37.5. The van der Waals surface area contributed by atoms with Crippen molar-refractivity contribution in [3.05, 3.63) is 131 Å². The number of nitrogens with one attached hydrogen (secondary N) is 1. The second-order valence-corrected chi connectivity index (χ2v) is 11.0. The Kier molecular flexibility index (Phi) is 13.8. The van der Waals surface area contributed by atoms with Crippen LogP contribution >= 0.6 is 0 Å². The van der Waals surface area contributed by atoms with Gasteiger partial charge in [0.15, 0.2) is 0 Å². The average Bonchev–Trinajstić information content (AvgIpc) is 3.17. The Morgan fingerprint density at radius 3 is 1.48 bits per heavy atom. The number of aliphatic carboxylic acids is 1. The second kappa shape index (κ2) is 18.9. The fourth-order valence-electron chi connectivity index (χ4n) is 4.56. The van der Waals surface area contributed by atoms with Gasteiger partial charge in [0, 0.05) is 0 Å². The Balaban J connectivity index is 1.61. The highest BCUT2D eigenvalue weighted by Gasteiger charge is 2.42. The fraction of sp³-hybridized carbons (Fsp3) is 0.211. The van der Waals surface area contributed by atoms with Gasteiger partial charge in [-0.25, -0.2) is 19.2 Å². The molecule has 52 heavy (non-hydrogen) atoms. The molecule has 0 heterocycles. The van der Waals surface area contributed by atoms with Crippen molar-refractivity contribution >= 4 is 35.8 Å². The first-order valence-electron chi connectivity index (χ1n) is 15.7. The largest absolute Gasteiger partial charge is 0.497 e. The Bertz CT molecular complexity index is 1830. The van der Waals surface area contributed by atoms with Crippen molar-refractivity contribution in [2.24, 2.45) is 0 Å². The van der Waals surface area contributed by atoms with E-state index in [9.17, 15) is 33.9 Å². The molecule has 0 aliphatic carbocycles. The van der Waals surface area contributed by atoms with Gasteiger partial charge in [0.1, 0.15) is 30.8 Å². The quantitative estimate of drug-likeness (QED) is 0.118. The maximum atomic E-state index is 13.9. The van der Waals surface area contributed by atoms with E-state index >= 15 is 0 Å². The third-order valence-corrected chi connectivity index (χ3v) is 7.33. The Morgan fingerprint density at radius 1 is 0.596 bits per heavy atom. The maximum absolute atomic E-state index is 13.9. The molecule has 4 aromatic carbocycles. The number of benzene rings is 4. The lowest BCUT2D eigenvalue weighted by Gasteiger charge is -2.25. The molecule has 0 fully saturated rings. The first-order chi connectivity index (χ1) is 25.1. The highest BCUT2D eigenvalue weighted by atomic mass is 16.6. The van der Waals surface area contributed by atoms with Gasteiger partial charge in [0.2, 0.25) is 12.2 Å². The Morgan fingerprint density at radius 2 is 1.04 bits per heavy atom. The van der Waals surface area contributed by atoms with E-state index in [-0.39, 0.29) is 24.3 Å². The van der Waals surface area contributed by atoms with Crippen molar-refractivity contribution in [2.45, 2.75) is 37.9 Å². The molecule has 4 rings (SSSR count). The lowest BCUT2D eigenvalue weighted by Crippen LogP contribution is -2.54. The van der Waals surface area contributed by atoms with Gasteiger partial charge in [-0.15, -0.1) is 0 Å². The van der Waals surface area contributed by atoms with Crippen LogP contribution in [0.2, 0.25) is 0 Å². The molecule has 14 nitrogen and oxygen atoms in total. The number of amides is 1. The number of carbonyl (C=O) groups is 6. The lowest BCUT2D eigenvalue weighted by molar-refractivity contribution is -0.161. The van der Waals surface area contributed by atoms with Crippen LogP contribution in [0.15, 0.2) is 109 Å². The van der Waals surface area contributed by atoms with Gasteiger partial charge in [-0.3, -0.25) is 9.59 Å². The van der Waals surface area contributed by atoms with E-state index in [0.29, 0.717) is 22.6 Å². The highest BCUT2D eigenvalue weighted by Crippen LogP contribution is 2.18. The van der Waals surface area contributed by atoms with Crippen LogP contribution in [-0.2, 0) is 51.3 Å². The number of hydrogen-bond acceptors (Lipinski definition) is 12. The molecule has 2 N–H and O–H groups in total. The van der Waals surface area contributed by atoms with Gasteiger partial charge in [0.25, 0.3) is 5.91 Å².